The predicted octanol–water partition coefficient (Wildman–Crippen LogP) is 6.58. The van der Waals surface area contributed by atoms with Gasteiger partial charge in [0.25, 0.3) is 5.91 Å². The molecule has 0 bridgehead atoms. The number of carbonyl (C=O) groups excluding carboxylic acids is 2. The predicted molar refractivity (Wildman–Crippen MR) is 138 cm³/mol. The molecule has 0 N–H and O–H groups in total. The molecule has 2 heterocycles. The van der Waals surface area contributed by atoms with Crippen molar-refractivity contribution in [3.05, 3.63) is 91.0 Å². The van der Waals surface area contributed by atoms with Crippen LogP contribution in [0.5, 0.6) is 0 Å². The number of unbranched alkanes of at least 4 members (excludes halogenated alkanes) is 1. The fourth-order valence-electron chi connectivity index (χ4n) is 4.22. The van der Waals surface area contributed by atoms with Crippen molar-refractivity contribution in [2.75, 3.05) is 19.6 Å². The minimum Gasteiger partial charge on any atom is -0.330 e. The van der Waals surface area contributed by atoms with Gasteiger partial charge in [-0.1, -0.05) is 53.0 Å². The first-order valence-corrected chi connectivity index (χ1v) is 13.2. The lowest BCUT2D eigenvalue weighted by Crippen LogP contribution is -2.47. The van der Waals surface area contributed by atoms with E-state index in [-0.39, 0.29) is 24.4 Å². The third-order valence-corrected chi connectivity index (χ3v) is 7.74. The summed E-state index contributed by atoms with van der Waals surface area (Å²) in [6.07, 6.45) is 2.64. The zero-order valence-corrected chi connectivity index (χ0v) is 21.6. The van der Waals surface area contributed by atoms with E-state index >= 15 is 0 Å². The van der Waals surface area contributed by atoms with Gasteiger partial charge in [-0.2, -0.15) is 0 Å². The van der Waals surface area contributed by atoms with Gasteiger partial charge in [0.1, 0.15) is 6.54 Å². The highest BCUT2D eigenvalue weighted by molar-refractivity contribution is 9.10. The van der Waals surface area contributed by atoms with Crippen LogP contribution in [0.15, 0.2) is 64.5 Å². The molecule has 1 aliphatic heterocycles. The molecule has 4 nitrogen and oxygen atoms in total. The Balaban J connectivity index is 1.60. The van der Waals surface area contributed by atoms with Crippen molar-refractivity contribution in [2.45, 2.75) is 32.2 Å². The Bertz CT molecular complexity index is 1110. The van der Waals surface area contributed by atoms with Crippen LogP contribution in [0.2, 0.25) is 5.02 Å². The largest absolute Gasteiger partial charge is 0.330 e. The van der Waals surface area contributed by atoms with Crippen molar-refractivity contribution < 1.29 is 9.59 Å². The Morgan fingerprint density at radius 2 is 1.85 bits per heavy atom. The molecule has 0 fully saturated rings. The molecule has 2 aromatic carbocycles. The molecule has 172 valence electrons. The summed E-state index contributed by atoms with van der Waals surface area (Å²) in [4.78, 5) is 31.8. The molecule has 0 radical (unpaired) electrons. The second-order valence-electron chi connectivity index (χ2n) is 8.18. The number of carbonyl (C=O) groups is 2. The van der Waals surface area contributed by atoms with Crippen molar-refractivity contribution in [1.29, 1.82) is 0 Å². The number of nitrogens with zero attached hydrogens (tertiary/aromatic N) is 2. The molecule has 2 amide bonds. The quantitative estimate of drug-likeness (QED) is 0.336. The van der Waals surface area contributed by atoms with Crippen LogP contribution in [0.4, 0.5) is 0 Å². The van der Waals surface area contributed by atoms with E-state index in [2.05, 4.69) is 34.3 Å². The van der Waals surface area contributed by atoms with E-state index in [9.17, 15) is 9.59 Å². The topological polar surface area (TPSA) is 40.6 Å². The number of benzene rings is 2. The van der Waals surface area contributed by atoms with Gasteiger partial charge in [0.15, 0.2) is 0 Å². The van der Waals surface area contributed by atoms with Gasteiger partial charge in [-0.25, -0.2) is 0 Å². The molecule has 33 heavy (non-hydrogen) atoms. The normalized spacial score (nSPS) is 15.2. The summed E-state index contributed by atoms with van der Waals surface area (Å²) >= 11 is 11.3. The second-order valence-corrected chi connectivity index (χ2v) is 10.5. The van der Waals surface area contributed by atoms with Crippen molar-refractivity contribution in [1.82, 2.24) is 9.80 Å². The van der Waals surface area contributed by atoms with Gasteiger partial charge < -0.3 is 9.80 Å². The van der Waals surface area contributed by atoms with E-state index in [1.807, 2.05) is 41.3 Å². The summed E-state index contributed by atoms with van der Waals surface area (Å²) in [5.41, 5.74) is 2.79. The Morgan fingerprint density at radius 3 is 2.55 bits per heavy atom. The SMILES string of the molecule is CCCCN(CC(=O)N1CCc2sccc2C1c1ccc(Cl)cc1)C(=O)c1ccc(Br)cc1. The highest BCUT2D eigenvalue weighted by Gasteiger charge is 2.34. The van der Waals surface area contributed by atoms with Crippen LogP contribution in [0, 0.1) is 0 Å². The van der Waals surface area contributed by atoms with Gasteiger partial charge >= 0.3 is 0 Å². The Hall–Kier alpha value is -2.15. The molecule has 3 aromatic rings. The molecular formula is C26H26BrClN2O2S. The summed E-state index contributed by atoms with van der Waals surface area (Å²) in [5, 5.41) is 2.76. The van der Waals surface area contributed by atoms with E-state index < -0.39 is 0 Å². The minimum absolute atomic E-state index is 0.0339. The summed E-state index contributed by atoms with van der Waals surface area (Å²) in [5.74, 6) is -0.145. The molecule has 0 aliphatic carbocycles. The standard InChI is InChI=1S/C26H26BrClN2O2S/c1-2-3-14-29(26(32)19-4-8-20(27)9-5-19)17-24(31)30-15-12-23-22(13-16-33-23)25(30)18-6-10-21(28)11-7-18/h4-11,13,16,25H,2-3,12,14-15,17H2,1H3. The van der Waals surface area contributed by atoms with E-state index in [1.165, 1.54) is 10.4 Å². The van der Waals surface area contributed by atoms with Crippen LogP contribution >= 0.6 is 38.9 Å². The maximum absolute atomic E-state index is 13.6. The van der Waals surface area contributed by atoms with Crippen LogP contribution in [0.1, 0.15) is 52.2 Å². The molecule has 1 atom stereocenters. The second kappa shape index (κ2) is 10.9. The highest BCUT2D eigenvalue weighted by atomic mass is 79.9. The lowest BCUT2D eigenvalue weighted by Gasteiger charge is -2.37. The molecule has 4 rings (SSSR count). The molecule has 1 aliphatic rings. The maximum atomic E-state index is 13.6. The summed E-state index contributed by atoms with van der Waals surface area (Å²) in [7, 11) is 0. The number of amides is 2. The smallest absolute Gasteiger partial charge is 0.254 e. The zero-order chi connectivity index (χ0) is 23.4. The lowest BCUT2D eigenvalue weighted by molar-refractivity contribution is -0.134. The van der Waals surface area contributed by atoms with E-state index in [4.69, 9.17) is 11.6 Å². The van der Waals surface area contributed by atoms with Crippen LogP contribution < -0.4 is 0 Å². The van der Waals surface area contributed by atoms with Gasteiger partial charge in [0, 0.05) is 33.0 Å². The van der Waals surface area contributed by atoms with Crippen molar-refractivity contribution in [2.24, 2.45) is 0 Å². The van der Waals surface area contributed by atoms with Gasteiger partial charge in [0.2, 0.25) is 5.91 Å². The average Bonchev–Trinajstić information content (AvgIpc) is 3.30. The zero-order valence-electron chi connectivity index (χ0n) is 18.5. The average molecular weight is 546 g/mol. The number of rotatable bonds is 7. The Kier molecular flexibility index (Phi) is 7.89. The van der Waals surface area contributed by atoms with Crippen molar-refractivity contribution in [3.63, 3.8) is 0 Å². The fourth-order valence-corrected chi connectivity index (χ4v) is 5.51. The van der Waals surface area contributed by atoms with E-state index in [1.54, 1.807) is 28.4 Å². The fraction of sp³-hybridized carbons (Fsp3) is 0.308. The van der Waals surface area contributed by atoms with Gasteiger partial charge in [0.05, 0.1) is 6.04 Å². The number of halogens is 2. The Labute approximate surface area is 212 Å². The monoisotopic (exact) mass is 544 g/mol. The van der Waals surface area contributed by atoms with E-state index in [0.29, 0.717) is 23.7 Å². The van der Waals surface area contributed by atoms with Crippen LogP contribution in [0.3, 0.4) is 0 Å². The third kappa shape index (κ3) is 5.51. The first-order valence-electron chi connectivity index (χ1n) is 11.1. The number of fused-ring (bicyclic) bond motifs is 1. The van der Waals surface area contributed by atoms with Gasteiger partial charge in [-0.3, -0.25) is 9.59 Å². The van der Waals surface area contributed by atoms with E-state index in [0.717, 1.165) is 29.3 Å². The summed E-state index contributed by atoms with van der Waals surface area (Å²) in [6, 6.07) is 17.0. The maximum Gasteiger partial charge on any atom is 0.254 e. The highest BCUT2D eigenvalue weighted by Crippen LogP contribution is 2.38. The number of thiophene rings is 1. The number of hydrogen-bond acceptors (Lipinski definition) is 3. The first kappa shape index (κ1) is 24.0. The molecule has 7 heteroatoms. The first-order chi connectivity index (χ1) is 16.0. The third-order valence-electron chi connectivity index (χ3n) is 5.96. The van der Waals surface area contributed by atoms with Crippen molar-refractivity contribution in [3.8, 4) is 0 Å². The lowest BCUT2D eigenvalue weighted by atomic mass is 9.93. The summed E-state index contributed by atoms with van der Waals surface area (Å²) < 4.78 is 0.918. The molecule has 0 spiro atoms. The molecule has 1 unspecified atom stereocenters. The van der Waals surface area contributed by atoms with Crippen LogP contribution in [-0.4, -0.2) is 41.2 Å². The summed E-state index contributed by atoms with van der Waals surface area (Å²) in [6.45, 7) is 3.34. The number of hydrogen-bond donors (Lipinski definition) is 0. The van der Waals surface area contributed by atoms with Gasteiger partial charge in [-0.05, 0) is 71.8 Å². The molecule has 0 saturated carbocycles. The Morgan fingerprint density at radius 1 is 1.12 bits per heavy atom. The minimum atomic E-state index is -0.166. The van der Waals surface area contributed by atoms with Crippen LogP contribution in [0.25, 0.3) is 0 Å². The van der Waals surface area contributed by atoms with Crippen molar-refractivity contribution >= 4 is 50.7 Å². The molecular weight excluding hydrogens is 520 g/mol. The molecule has 0 saturated heterocycles. The molecule has 1 aromatic heterocycles. The van der Waals surface area contributed by atoms with Gasteiger partial charge in [-0.15, -0.1) is 11.3 Å². The van der Waals surface area contributed by atoms with Crippen LogP contribution in [-0.2, 0) is 11.2 Å².